The summed E-state index contributed by atoms with van der Waals surface area (Å²) >= 11 is 3.49. The normalized spacial score (nSPS) is 14.0. The number of rotatable bonds is 6. The molecule has 3 aromatic carbocycles. The van der Waals surface area contributed by atoms with E-state index in [9.17, 15) is 14.9 Å². The molecule has 1 aliphatic carbocycles. The van der Waals surface area contributed by atoms with Crippen molar-refractivity contribution in [2.45, 2.75) is 32.2 Å². The molecule has 182 valence electrons. The number of carbonyl (C=O) groups is 1. The number of hydrogen-bond acceptors (Lipinski definition) is 5. The van der Waals surface area contributed by atoms with Crippen molar-refractivity contribution >= 4 is 27.8 Å². The molecule has 1 aliphatic rings. The van der Waals surface area contributed by atoms with Gasteiger partial charge < -0.3 is 0 Å². The molecular weight excluding hydrogens is 522 g/mol. The Balaban J connectivity index is 1.49. The monoisotopic (exact) mass is 545 g/mol. The van der Waals surface area contributed by atoms with Crippen LogP contribution in [0.2, 0.25) is 0 Å². The van der Waals surface area contributed by atoms with Crippen LogP contribution in [0.3, 0.4) is 0 Å². The molecule has 1 amide bonds. The quantitative estimate of drug-likeness (QED) is 0.238. The molecule has 0 atom stereocenters. The van der Waals surface area contributed by atoms with Gasteiger partial charge in [-0.25, -0.2) is 0 Å². The largest absolute Gasteiger partial charge is 0.293 e. The predicted octanol–water partition coefficient (Wildman–Crippen LogP) is 5.71. The minimum Gasteiger partial charge on any atom is -0.293 e. The van der Waals surface area contributed by atoms with E-state index in [1.54, 1.807) is 26.0 Å². The third-order valence-corrected chi connectivity index (χ3v) is 7.46. The number of nitrogens with zero attached hydrogens (tertiary/aromatic N) is 3. The maximum Gasteiger partial charge on any atom is 0.273 e. The molecule has 0 bridgehead atoms. The lowest BCUT2D eigenvalue weighted by Crippen LogP contribution is -2.47. The highest BCUT2D eigenvalue weighted by molar-refractivity contribution is 9.10. The Morgan fingerprint density at radius 1 is 1.06 bits per heavy atom. The fraction of sp³-hybridized carbons (Fsp3) is 0.222. The lowest BCUT2D eigenvalue weighted by atomic mass is 9.65. The van der Waals surface area contributed by atoms with Gasteiger partial charge in [0.15, 0.2) is 5.82 Å². The van der Waals surface area contributed by atoms with E-state index in [2.05, 4.69) is 36.4 Å². The number of nitrogens with one attached hydrogen (secondary N) is 2. The number of aromatic nitrogens is 3. The molecule has 5 rings (SSSR count). The van der Waals surface area contributed by atoms with E-state index in [1.807, 2.05) is 60.7 Å². The van der Waals surface area contributed by atoms with Crippen molar-refractivity contribution < 1.29 is 9.72 Å². The van der Waals surface area contributed by atoms with Gasteiger partial charge in [0.05, 0.1) is 5.41 Å². The Labute approximate surface area is 216 Å². The lowest BCUT2D eigenvalue weighted by molar-refractivity contribution is -0.570. The number of amides is 1. The predicted molar refractivity (Wildman–Crippen MR) is 140 cm³/mol. The molecule has 0 radical (unpaired) electrons. The molecule has 2 N–H and O–H groups in total. The highest BCUT2D eigenvalue weighted by atomic mass is 79.9. The van der Waals surface area contributed by atoms with E-state index in [4.69, 9.17) is 0 Å². The summed E-state index contributed by atoms with van der Waals surface area (Å²) in [6.07, 6.45) is 0.581. The van der Waals surface area contributed by atoms with Crippen molar-refractivity contribution in [1.82, 2.24) is 15.2 Å². The third kappa shape index (κ3) is 3.99. The zero-order chi connectivity index (χ0) is 25.5. The smallest absolute Gasteiger partial charge is 0.273 e. The number of carbonyl (C=O) groups excluding carboxylic acids is 1. The summed E-state index contributed by atoms with van der Waals surface area (Å²) in [5.74, 6) is 0.202. The molecule has 0 saturated heterocycles. The number of hydrogen-bond donors (Lipinski definition) is 2. The van der Waals surface area contributed by atoms with Gasteiger partial charge in [0.2, 0.25) is 11.9 Å². The highest BCUT2D eigenvalue weighted by Gasteiger charge is 2.55. The first-order valence-corrected chi connectivity index (χ1v) is 12.3. The van der Waals surface area contributed by atoms with Crippen LogP contribution >= 0.6 is 15.9 Å². The summed E-state index contributed by atoms with van der Waals surface area (Å²) in [5.41, 5.74) is 1.16. The van der Waals surface area contributed by atoms with Crippen LogP contribution in [0.15, 0.2) is 77.3 Å². The summed E-state index contributed by atoms with van der Waals surface area (Å²) in [5, 5.41) is 22.6. The summed E-state index contributed by atoms with van der Waals surface area (Å²) in [6.45, 7) is 3.43. The first-order valence-electron chi connectivity index (χ1n) is 11.5. The van der Waals surface area contributed by atoms with Crippen LogP contribution in [-0.2, 0) is 16.8 Å². The highest BCUT2D eigenvalue weighted by Crippen LogP contribution is 2.48. The minimum absolute atomic E-state index is 0.0334. The van der Waals surface area contributed by atoms with E-state index >= 15 is 0 Å². The van der Waals surface area contributed by atoms with Gasteiger partial charge in [-0.1, -0.05) is 96.5 Å². The van der Waals surface area contributed by atoms with Crippen LogP contribution in [0, 0.1) is 15.5 Å². The van der Waals surface area contributed by atoms with Gasteiger partial charge in [0.1, 0.15) is 0 Å². The fourth-order valence-electron chi connectivity index (χ4n) is 5.04. The molecule has 0 aliphatic heterocycles. The van der Waals surface area contributed by atoms with Crippen LogP contribution in [0.25, 0.3) is 11.4 Å². The van der Waals surface area contributed by atoms with E-state index in [-0.39, 0.29) is 17.3 Å². The summed E-state index contributed by atoms with van der Waals surface area (Å²) in [6, 6.07) is 22.4. The minimum atomic E-state index is -1.56. The van der Waals surface area contributed by atoms with Crippen molar-refractivity contribution in [2.24, 2.45) is 5.41 Å². The Bertz CT molecular complexity index is 1430. The van der Waals surface area contributed by atoms with Gasteiger partial charge in [-0.05, 0) is 23.6 Å². The fourth-order valence-corrected chi connectivity index (χ4v) is 5.51. The maximum absolute atomic E-state index is 13.5. The van der Waals surface area contributed by atoms with Gasteiger partial charge in [0, 0.05) is 32.5 Å². The second kappa shape index (κ2) is 8.98. The SMILES string of the molecule is CC(C)(CC1([N+](=O)[O-])c2ccccc2Cc2ccccc21)C(=O)Nc1n[nH]c(-c2ccccc2Br)n1. The van der Waals surface area contributed by atoms with E-state index in [1.165, 1.54) is 0 Å². The third-order valence-electron chi connectivity index (χ3n) is 6.77. The van der Waals surface area contributed by atoms with Crippen molar-refractivity contribution in [3.8, 4) is 11.4 Å². The zero-order valence-corrected chi connectivity index (χ0v) is 21.4. The Morgan fingerprint density at radius 3 is 2.25 bits per heavy atom. The maximum atomic E-state index is 13.5. The molecule has 4 aromatic rings. The number of benzene rings is 3. The molecular formula is C27H24BrN5O3. The van der Waals surface area contributed by atoms with Crippen LogP contribution in [-0.4, -0.2) is 26.0 Å². The van der Waals surface area contributed by atoms with Crippen molar-refractivity contribution in [3.63, 3.8) is 0 Å². The number of fused-ring (bicyclic) bond motifs is 2. The molecule has 0 spiro atoms. The van der Waals surface area contributed by atoms with Crippen LogP contribution < -0.4 is 5.32 Å². The lowest BCUT2D eigenvalue weighted by Gasteiger charge is -2.37. The summed E-state index contributed by atoms with van der Waals surface area (Å²) in [4.78, 5) is 30.5. The molecule has 0 fully saturated rings. The van der Waals surface area contributed by atoms with Crippen molar-refractivity contribution in [3.05, 3.63) is 110 Å². The van der Waals surface area contributed by atoms with E-state index in [0.717, 1.165) is 21.2 Å². The summed E-state index contributed by atoms with van der Waals surface area (Å²) in [7, 11) is 0. The van der Waals surface area contributed by atoms with Gasteiger partial charge in [-0.15, -0.1) is 5.10 Å². The number of anilines is 1. The van der Waals surface area contributed by atoms with Crippen molar-refractivity contribution in [2.75, 3.05) is 5.32 Å². The van der Waals surface area contributed by atoms with Crippen LogP contribution in [0.4, 0.5) is 5.95 Å². The topological polar surface area (TPSA) is 114 Å². The van der Waals surface area contributed by atoms with Gasteiger partial charge in [-0.3, -0.25) is 25.3 Å². The first-order chi connectivity index (χ1) is 17.2. The van der Waals surface area contributed by atoms with Gasteiger partial charge in [0.25, 0.3) is 5.54 Å². The van der Waals surface area contributed by atoms with Gasteiger partial charge in [-0.2, -0.15) is 4.98 Å². The van der Waals surface area contributed by atoms with E-state index < -0.39 is 16.9 Å². The number of halogens is 1. The average Bonchev–Trinajstić information content (AvgIpc) is 3.32. The second-order valence-corrected chi connectivity index (χ2v) is 10.5. The zero-order valence-electron chi connectivity index (χ0n) is 19.8. The standard InChI is InChI=1S/C27H24BrN5O3/c1-26(2,24(34)30-25-29-23(31-32-25)19-11-5-8-14-22(19)28)16-27(33(35)36)20-12-6-3-9-17(20)15-18-10-4-7-13-21(18)27/h3-14H,15-16H2,1-2H3,(H2,29,30,31,32,34). The van der Waals surface area contributed by atoms with Crippen molar-refractivity contribution in [1.29, 1.82) is 0 Å². The number of nitro groups is 1. The van der Waals surface area contributed by atoms with E-state index in [0.29, 0.717) is 23.4 Å². The Kier molecular flexibility index (Phi) is 5.96. The number of H-pyrrole nitrogens is 1. The molecule has 0 saturated carbocycles. The summed E-state index contributed by atoms with van der Waals surface area (Å²) < 4.78 is 0.835. The Hall–Kier alpha value is -3.85. The molecule has 0 unspecified atom stereocenters. The molecule has 1 heterocycles. The average molecular weight is 546 g/mol. The van der Waals surface area contributed by atoms with Crippen LogP contribution in [0.5, 0.6) is 0 Å². The molecule has 8 nitrogen and oxygen atoms in total. The molecule has 36 heavy (non-hydrogen) atoms. The van der Waals surface area contributed by atoms with Crippen LogP contribution in [0.1, 0.15) is 42.5 Å². The number of aromatic amines is 1. The molecule has 1 aromatic heterocycles. The van der Waals surface area contributed by atoms with Gasteiger partial charge >= 0.3 is 0 Å². The second-order valence-electron chi connectivity index (χ2n) is 9.61. The Morgan fingerprint density at radius 2 is 1.64 bits per heavy atom. The molecule has 9 heteroatoms. The first kappa shape index (κ1) is 23.9.